The lowest BCUT2D eigenvalue weighted by Gasteiger charge is -2.32. The second kappa shape index (κ2) is 4.37. The van der Waals surface area contributed by atoms with Gasteiger partial charge in [-0.1, -0.05) is 0 Å². The van der Waals surface area contributed by atoms with Crippen molar-refractivity contribution in [3.63, 3.8) is 0 Å². The Morgan fingerprint density at radius 2 is 1.85 bits per heavy atom. The number of morpholine rings is 1. The summed E-state index contributed by atoms with van der Waals surface area (Å²) in [4.78, 5) is 18.7. The number of hydrogen-bond donors (Lipinski definition) is 1. The fourth-order valence-electron chi connectivity index (χ4n) is 2.70. The van der Waals surface area contributed by atoms with Gasteiger partial charge in [0.1, 0.15) is 12.7 Å². The molecule has 9 heteroatoms. The number of ether oxygens (including phenoxy) is 1. The maximum atomic E-state index is 5.81. The highest BCUT2D eigenvalue weighted by atomic mass is 16.5. The van der Waals surface area contributed by atoms with Crippen molar-refractivity contribution >= 4 is 11.9 Å². The zero-order valence-electron chi connectivity index (χ0n) is 10.8. The van der Waals surface area contributed by atoms with Crippen LogP contribution in [0.3, 0.4) is 0 Å². The van der Waals surface area contributed by atoms with Crippen molar-refractivity contribution in [2.45, 2.75) is 25.0 Å². The Morgan fingerprint density at radius 3 is 2.55 bits per heavy atom. The lowest BCUT2D eigenvalue weighted by atomic mass is 10.2. The molecule has 2 aliphatic rings. The highest BCUT2D eigenvalue weighted by Gasteiger charge is 2.35. The lowest BCUT2D eigenvalue weighted by molar-refractivity contribution is 0.0299. The number of rotatable bonds is 2. The Hall–Kier alpha value is -2.29. The minimum Gasteiger partial charge on any atom is -0.371 e. The Kier molecular flexibility index (Phi) is 2.52. The van der Waals surface area contributed by atoms with Gasteiger partial charge < -0.3 is 15.4 Å². The molecule has 2 bridgehead atoms. The largest absolute Gasteiger partial charge is 0.371 e. The van der Waals surface area contributed by atoms with Gasteiger partial charge >= 0.3 is 0 Å². The number of nitrogen functional groups attached to an aromatic ring is 1. The van der Waals surface area contributed by atoms with Crippen LogP contribution < -0.4 is 10.6 Å². The van der Waals surface area contributed by atoms with Gasteiger partial charge in [0, 0.05) is 13.1 Å². The van der Waals surface area contributed by atoms with Gasteiger partial charge in [0.15, 0.2) is 0 Å². The van der Waals surface area contributed by atoms with E-state index in [1.165, 1.54) is 17.3 Å². The molecule has 9 nitrogen and oxygen atoms in total. The Balaban J connectivity index is 1.68. The minimum atomic E-state index is 0.180. The van der Waals surface area contributed by atoms with Crippen molar-refractivity contribution in [3.8, 4) is 5.95 Å². The summed E-state index contributed by atoms with van der Waals surface area (Å²) in [6, 6.07) is 0. The molecule has 104 valence electrons. The zero-order chi connectivity index (χ0) is 13.5. The topological polar surface area (TPSA) is 108 Å². The van der Waals surface area contributed by atoms with Crippen LogP contribution in [0.4, 0.5) is 11.9 Å². The average molecular weight is 274 g/mol. The number of fused-ring (bicyclic) bond motifs is 2. The molecule has 0 spiro atoms. The maximum absolute atomic E-state index is 5.81. The molecule has 0 aromatic carbocycles. The monoisotopic (exact) mass is 274 g/mol. The first kappa shape index (κ1) is 11.5. The van der Waals surface area contributed by atoms with E-state index >= 15 is 0 Å². The van der Waals surface area contributed by atoms with Crippen molar-refractivity contribution in [1.82, 2.24) is 29.7 Å². The fraction of sp³-hybridized carbons (Fsp3) is 0.545. The molecule has 0 aliphatic carbocycles. The van der Waals surface area contributed by atoms with Crippen molar-refractivity contribution in [2.75, 3.05) is 23.7 Å². The summed E-state index contributed by atoms with van der Waals surface area (Å²) in [7, 11) is 0. The quantitative estimate of drug-likeness (QED) is 0.773. The second-order valence-electron chi connectivity index (χ2n) is 5.00. The van der Waals surface area contributed by atoms with E-state index in [1.807, 2.05) is 0 Å². The smallest absolute Gasteiger partial charge is 0.258 e. The maximum Gasteiger partial charge on any atom is 0.258 e. The Labute approximate surface area is 114 Å². The molecule has 2 aromatic rings. The van der Waals surface area contributed by atoms with E-state index in [0.29, 0.717) is 11.9 Å². The highest BCUT2D eigenvalue weighted by molar-refractivity contribution is 5.38. The fourth-order valence-corrected chi connectivity index (χ4v) is 2.70. The van der Waals surface area contributed by atoms with Crippen LogP contribution in [0.5, 0.6) is 0 Å². The van der Waals surface area contributed by atoms with Crippen LogP contribution in [-0.2, 0) is 4.74 Å². The third-order valence-electron chi connectivity index (χ3n) is 3.58. The molecule has 2 saturated heterocycles. The molecule has 0 amide bonds. The predicted octanol–water partition coefficient (Wildman–Crippen LogP) is -0.598. The SMILES string of the molecule is Nc1nc(N2CC3CCC(C2)O3)nc(-n2cncn2)n1. The van der Waals surface area contributed by atoms with E-state index in [0.717, 1.165) is 25.9 Å². The molecule has 2 aromatic heterocycles. The number of aromatic nitrogens is 6. The van der Waals surface area contributed by atoms with Gasteiger partial charge in [0.2, 0.25) is 11.9 Å². The summed E-state index contributed by atoms with van der Waals surface area (Å²) in [6.07, 6.45) is 5.68. The minimum absolute atomic E-state index is 0.180. The van der Waals surface area contributed by atoms with Gasteiger partial charge in [-0.25, -0.2) is 4.98 Å². The van der Waals surface area contributed by atoms with Crippen LogP contribution in [0.15, 0.2) is 12.7 Å². The molecule has 2 aliphatic heterocycles. The molecule has 4 heterocycles. The molecular formula is C11H14N8O. The van der Waals surface area contributed by atoms with Gasteiger partial charge in [-0.05, 0) is 12.8 Å². The van der Waals surface area contributed by atoms with Gasteiger partial charge in [0.05, 0.1) is 12.2 Å². The first-order valence-electron chi connectivity index (χ1n) is 6.55. The lowest BCUT2D eigenvalue weighted by Crippen LogP contribution is -2.43. The molecular weight excluding hydrogens is 260 g/mol. The molecule has 0 saturated carbocycles. The number of nitrogens with zero attached hydrogens (tertiary/aromatic N) is 7. The summed E-state index contributed by atoms with van der Waals surface area (Å²) in [5.74, 6) is 1.13. The molecule has 0 radical (unpaired) electrons. The van der Waals surface area contributed by atoms with Gasteiger partial charge in [-0.2, -0.15) is 24.7 Å². The molecule has 20 heavy (non-hydrogen) atoms. The van der Waals surface area contributed by atoms with Crippen LogP contribution >= 0.6 is 0 Å². The van der Waals surface area contributed by atoms with Crippen LogP contribution in [0.1, 0.15) is 12.8 Å². The first-order chi connectivity index (χ1) is 9.78. The standard InChI is InChI=1S/C11H14N8O/c12-9-15-10(17-11(16-9)19-6-13-5-14-19)18-3-7-1-2-8(4-18)20-7/h5-8H,1-4H2,(H2,12,15,16,17). The van der Waals surface area contributed by atoms with Gasteiger partial charge in [0.25, 0.3) is 5.95 Å². The van der Waals surface area contributed by atoms with E-state index in [4.69, 9.17) is 10.5 Å². The number of anilines is 2. The zero-order valence-corrected chi connectivity index (χ0v) is 10.8. The third-order valence-corrected chi connectivity index (χ3v) is 3.58. The second-order valence-corrected chi connectivity index (χ2v) is 5.00. The average Bonchev–Trinajstić information content (AvgIpc) is 3.08. The van der Waals surface area contributed by atoms with Crippen molar-refractivity contribution in [3.05, 3.63) is 12.7 Å². The highest BCUT2D eigenvalue weighted by Crippen LogP contribution is 2.28. The normalized spacial score (nSPS) is 25.1. The summed E-state index contributed by atoms with van der Waals surface area (Å²) in [6.45, 7) is 1.58. The Morgan fingerprint density at radius 1 is 1.10 bits per heavy atom. The van der Waals surface area contributed by atoms with Crippen molar-refractivity contribution < 1.29 is 4.74 Å². The molecule has 2 fully saturated rings. The molecule has 4 rings (SSSR count). The van der Waals surface area contributed by atoms with Crippen LogP contribution in [0.25, 0.3) is 5.95 Å². The summed E-state index contributed by atoms with van der Waals surface area (Å²) >= 11 is 0. The van der Waals surface area contributed by atoms with Gasteiger partial charge in [-0.3, -0.25) is 0 Å². The number of nitrogens with two attached hydrogens (primary N) is 1. The van der Waals surface area contributed by atoms with Crippen LogP contribution in [0.2, 0.25) is 0 Å². The Bertz CT molecular complexity index is 603. The summed E-state index contributed by atoms with van der Waals surface area (Å²) in [5.41, 5.74) is 5.78. The predicted molar refractivity (Wildman–Crippen MR) is 69.3 cm³/mol. The molecule has 2 N–H and O–H groups in total. The number of hydrogen-bond acceptors (Lipinski definition) is 8. The van der Waals surface area contributed by atoms with Crippen LogP contribution in [-0.4, -0.2) is 55.0 Å². The third kappa shape index (κ3) is 1.95. The first-order valence-corrected chi connectivity index (χ1v) is 6.55. The van der Waals surface area contributed by atoms with Gasteiger partial charge in [-0.15, -0.1) is 0 Å². The summed E-state index contributed by atoms with van der Waals surface area (Å²) in [5, 5.41) is 4.01. The van der Waals surface area contributed by atoms with E-state index < -0.39 is 0 Å². The summed E-state index contributed by atoms with van der Waals surface area (Å²) < 4.78 is 7.28. The van der Waals surface area contributed by atoms with E-state index in [2.05, 4.69) is 29.9 Å². The van der Waals surface area contributed by atoms with E-state index in [1.54, 1.807) is 0 Å². The molecule has 2 atom stereocenters. The molecule has 2 unspecified atom stereocenters. The van der Waals surface area contributed by atoms with E-state index in [-0.39, 0.29) is 18.2 Å². The van der Waals surface area contributed by atoms with E-state index in [9.17, 15) is 0 Å². The van der Waals surface area contributed by atoms with Crippen LogP contribution in [0, 0.1) is 0 Å². The van der Waals surface area contributed by atoms with Crippen molar-refractivity contribution in [1.29, 1.82) is 0 Å². The van der Waals surface area contributed by atoms with Crippen molar-refractivity contribution in [2.24, 2.45) is 0 Å².